The van der Waals surface area contributed by atoms with Crippen molar-refractivity contribution in [3.05, 3.63) is 35.9 Å². The van der Waals surface area contributed by atoms with Crippen molar-refractivity contribution in [1.29, 1.82) is 0 Å². The topological polar surface area (TPSA) is 115 Å². The minimum Gasteiger partial charge on any atom is -0.464 e. The minimum atomic E-state index is -1.24. The number of hydroxylamine groups is 2. The van der Waals surface area contributed by atoms with Crippen LogP contribution in [0.1, 0.15) is 66.9 Å². The third-order valence-electron chi connectivity index (χ3n) is 5.85. The lowest BCUT2D eigenvalue weighted by Crippen LogP contribution is -2.61. The van der Waals surface area contributed by atoms with Crippen molar-refractivity contribution in [2.24, 2.45) is 0 Å². The van der Waals surface area contributed by atoms with E-state index in [0.29, 0.717) is 39.0 Å². The van der Waals surface area contributed by atoms with Crippen molar-refractivity contribution < 1.29 is 38.2 Å². The van der Waals surface area contributed by atoms with Crippen molar-refractivity contribution >= 4 is 24.4 Å². The zero-order chi connectivity index (χ0) is 29.9. The van der Waals surface area contributed by atoms with Gasteiger partial charge in [0, 0.05) is 26.2 Å². The summed E-state index contributed by atoms with van der Waals surface area (Å²) in [4.78, 5) is 60.6. The quantitative estimate of drug-likeness (QED) is 0.163. The molecule has 0 aromatic heterocycles. The van der Waals surface area contributed by atoms with Gasteiger partial charge >= 0.3 is 18.0 Å². The molecule has 2 amide bonds. The van der Waals surface area contributed by atoms with E-state index in [1.807, 2.05) is 42.2 Å². The van der Waals surface area contributed by atoms with E-state index in [2.05, 4.69) is 0 Å². The van der Waals surface area contributed by atoms with Gasteiger partial charge in [-0.2, -0.15) is 0 Å². The first-order valence-corrected chi connectivity index (χ1v) is 13.7. The Bertz CT molecular complexity index is 966. The van der Waals surface area contributed by atoms with Gasteiger partial charge in [-0.1, -0.05) is 37.3 Å². The normalized spacial score (nSPS) is 16.0. The Hall–Kier alpha value is -3.18. The number of rotatable bonds is 12. The molecule has 1 aromatic carbocycles. The summed E-state index contributed by atoms with van der Waals surface area (Å²) in [5.41, 5.74) is -0.664. The Kier molecular flexibility index (Phi) is 12.4. The van der Waals surface area contributed by atoms with Crippen LogP contribution in [0, 0.1) is 0 Å². The maximum atomic E-state index is 13.4. The second kappa shape index (κ2) is 15.0. The number of carbonyl (C=O) groups is 4. The average Bonchev–Trinajstić information content (AvgIpc) is 2.88. The molecule has 40 heavy (non-hydrogen) atoms. The van der Waals surface area contributed by atoms with Crippen molar-refractivity contribution in [3.8, 4) is 0 Å². The highest BCUT2D eigenvalue weighted by Crippen LogP contribution is 2.23. The number of hydrogen-bond donors (Lipinski definition) is 0. The lowest BCUT2D eigenvalue weighted by Gasteiger charge is -2.43. The molecule has 11 nitrogen and oxygen atoms in total. The number of ether oxygens (including phenoxy) is 3. The van der Waals surface area contributed by atoms with Crippen LogP contribution in [0.15, 0.2) is 30.3 Å². The largest absolute Gasteiger partial charge is 0.464 e. The monoisotopic (exact) mass is 563 g/mol. The van der Waals surface area contributed by atoms with E-state index < -0.39 is 41.3 Å². The molecule has 1 aliphatic rings. The van der Waals surface area contributed by atoms with Gasteiger partial charge in [-0.25, -0.2) is 14.7 Å². The molecule has 11 heteroatoms. The van der Waals surface area contributed by atoms with Crippen LogP contribution in [0.5, 0.6) is 0 Å². The Morgan fingerprint density at radius 1 is 0.950 bits per heavy atom. The fraction of sp³-hybridized carbons (Fsp3) is 0.655. The third-order valence-corrected chi connectivity index (χ3v) is 5.85. The van der Waals surface area contributed by atoms with Crippen LogP contribution in [0.4, 0.5) is 4.79 Å². The lowest BCUT2D eigenvalue weighted by molar-refractivity contribution is -0.243. The summed E-state index contributed by atoms with van der Waals surface area (Å²) in [5, 5.41) is 0.938. The number of benzene rings is 1. The van der Waals surface area contributed by atoms with E-state index in [0.717, 1.165) is 10.6 Å². The van der Waals surface area contributed by atoms with Gasteiger partial charge < -0.3 is 19.1 Å². The van der Waals surface area contributed by atoms with Crippen LogP contribution in [0.3, 0.4) is 0 Å². The van der Waals surface area contributed by atoms with Gasteiger partial charge in [0.05, 0.1) is 24.7 Å². The zero-order valence-electron chi connectivity index (χ0n) is 24.9. The molecular weight excluding hydrogens is 518 g/mol. The molecular formula is C29H45N3O8. The van der Waals surface area contributed by atoms with Crippen LogP contribution >= 0.6 is 0 Å². The number of esters is 2. The Labute approximate surface area is 237 Å². The Morgan fingerprint density at radius 2 is 1.57 bits per heavy atom. The number of piperazine rings is 1. The van der Waals surface area contributed by atoms with E-state index in [9.17, 15) is 19.2 Å². The molecule has 0 aliphatic carbocycles. The van der Waals surface area contributed by atoms with Gasteiger partial charge in [0.1, 0.15) is 12.2 Å². The zero-order valence-corrected chi connectivity index (χ0v) is 24.9. The van der Waals surface area contributed by atoms with Crippen LogP contribution in [-0.4, -0.2) is 95.4 Å². The third kappa shape index (κ3) is 11.1. The van der Waals surface area contributed by atoms with Gasteiger partial charge in [0.25, 0.3) is 0 Å². The molecule has 1 heterocycles. The summed E-state index contributed by atoms with van der Waals surface area (Å²) in [6.45, 7) is 14.0. The summed E-state index contributed by atoms with van der Waals surface area (Å²) in [7, 11) is 0. The maximum Gasteiger partial charge on any atom is 0.410 e. The van der Waals surface area contributed by atoms with Gasteiger partial charge in [-0.05, 0) is 53.5 Å². The van der Waals surface area contributed by atoms with Gasteiger partial charge in [-0.3, -0.25) is 19.3 Å². The van der Waals surface area contributed by atoms with Gasteiger partial charge in [-0.15, -0.1) is 0 Å². The predicted molar refractivity (Wildman–Crippen MR) is 148 cm³/mol. The summed E-state index contributed by atoms with van der Waals surface area (Å²) in [5.74, 6) is -1.21. The molecule has 1 aliphatic heterocycles. The first kappa shape index (κ1) is 33.0. The second-order valence-corrected chi connectivity index (χ2v) is 11.7. The summed E-state index contributed by atoms with van der Waals surface area (Å²) >= 11 is 0. The van der Waals surface area contributed by atoms with Crippen molar-refractivity contribution in [3.63, 3.8) is 0 Å². The smallest absolute Gasteiger partial charge is 0.410 e. The molecule has 0 radical (unpaired) electrons. The molecule has 0 saturated carbocycles. The molecule has 1 aromatic rings. The first-order valence-electron chi connectivity index (χ1n) is 13.7. The highest BCUT2D eigenvalue weighted by Gasteiger charge is 2.43. The van der Waals surface area contributed by atoms with E-state index in [4.69, 9.17) is 19.0 Å². The average molecular weight is 564 g/mol. The molecule has 0 spiro atoms. The Balaban J connectivity index is 2.26. The summed E-state index contributed by atoms with van der Waals surface area (Å²) < 4.78 is 16.5. The molecule has 1 fully saturated rings. The van der Waals surface area contributed by atoms with Gasteiger partial charge in [0.15, 0.2) is 6.04 Å². The van der Waals surface area contributed by atoms with Gasteiger partial charge in [0.2, 0.25) is 6.41 Å². The molecule has 0 bridgehead atoms. The Morgan fingerprint density at radius 3 is 2.10 bits per heavy atom. The number of hydrogen-bond acceptors (Lipinski definition) is 9. The van der Waals surface area contributed by atoms with Crippen molar-refractivity contribution in [1.82, 2.24) is 14.9 Å². The first-order chi connectivity index (χ1) is 18.7. The number of nitrogens with zero attached hydrogens (tertiary/aromatic N) is 3. The highest BCUT2D eigenvalue weighted by atomic mass is 16.7. The van der Waals surface area contributed by atoms with E-state index in [1.54, 1.807) is 46.4 Å². The molecule has 0 N–H and O–H groups in total. The lowest BCUT2D eigenvalue weighted by atomic mass is 10.0. The fourth-order valence-corrected chi connectivity index (χ4v) is 4.22. The fourth-order valence-electron chi connectivity index (χ4n) is 4.22. The molecule has 1 saturated heterocycles. The molecule has 224 valence electrons. The minimum absolute atomic E-state index is 0.151. The SMILES string of the molecule is CCCOC(=O)[C@H](C(CC(=O)OC(C)(C)C)N1CCN(C(=O)OCc2ccccc2)CC1)N(C=O)OC(C)(C)C. The number of amides is 2. The van der Waals surface area contributed by atoms with Crippen molar-refractivity contribution in [2.75, 3.05) is 32.8 Å². The van der Waals surface area contributed by atoms with E-state index >= 15 is 0 Å². The summed E-state index contributed by atoms with van der Waals surface area (Å²) in [6.07, 6.45) is 0.374. The van der Waals surface area contributed by atoms with E-state index in [-0.39, 0.29) is 19.6 Å². The molecule has 2 atom stereocenters. The maximum absolute atomic E-state index is 13.4. The molecule has 2 rings (SSSR count). The van der Waals surface area contributed by atoms with Crippen molar-refractivity contribution in [2.45, 2.75) is 91.2 Å². The predicted octanol–water partition coefficient (Wildman–Crippen LogP) is 3.55. The summed E-state index contributed by atoms with van der Waals surface area (Å²) in [6, 6.07) is 7.33. The van der Waals surface area contributed by atoms with E-state index in [1.165, 1.54) is 0 Å². The highest BCUT2D eigenvalue weighted by molar-refractivity contribution is 5.81. The standard InChI is InChI=1S/C29H45N3O8/c1-8-18-37-26(35)25(32(21-33)40-29(5,6)7)23(19-24(34)39-28(2,3)4)30-14-16-31(17-15-30)27(36)38-20-22-12-10-9-11-13-22/h9-13,21,23,25H,8,14-20H2,1-7H3/t23?,25-/m0/s1. The second-order valence-electron chi connectivity index (χ2n) is 11.7. The van der Waals surface area contributed by atoms with Crippen LogP contribution < -0.4 is 0 Å². The van der Waals surface area contributed by atoms with Crippen LogP contribution in [0.25, 0.3) is 0 Å². The van der Waals surface area contributed by atoms with Crippen LogP contribution in [0.2, 0.25) is 0 Å². The number of carbonyl (C=O) groups excluding carboxylic acids is 4. The molecule has 1 unspecified atom stereocenters. The van der Waals surface area contributed by atoms with Crippen LogP contribution in [-0.2, 0) is 40.0 Å².